The Kier molecular flexibility index (Phi) is 2.97. The van der Waals surface area contributed by atoms with Gasteiger partial charge in [-0.15, -0.1) is 0 Å². The standard InChI is InChI=1S/C16H13FN2/c17-14-8-13-2-1-7-19-16(13)15(9-14)12-5-3-11(10-18)4-6-12/h1-9H,10,18H2. The summed E-state index contributed by atoms with van der Waals surface area (Å²) in [6.07, 6.45) is 1.72. The molecule has 0 saturated heterocycles. The Morgan fingerprint density at radius 1 is 1.05 bits per heavy atom. The highest BCUT2D eigenvalue weighted by Gasteiger charge is 2.07. The molecule has 2 nitrogen and oxygen atoms in total. The van der Waals surface area contributed by atoms with Gasteiger partial charge in [0, 0.05) is 23.7 Å². The average Bonchev–Trinajstić information content (AvgIpc) is 2.46. The number of pyridine rings is 1. The number of fused-ring (bicyclic) bond motifs is 1. The molecule has 1 heterocycles. The molecule has 94 valence electrons. The highest BCUT2D eigenvalue weighted by atomic mass is 19.1. The fraction of sp³-hybridized carbons (Fsp3) is 0.0625. The molecule has 0 saturated carbocycles. The summed E-state index contributed by atoms with van der Waals surface area (Å²) in [5.41, 5.74) is 9.19. The molecule has 3 rings (SSSR count). The first kappa shape index (κ1) is 11.8. The van der Waals surface area contributed by atoms with E-state index in [0.717, 1.165) is 27.6 Å². The molecule has 1 aromatic heterocycles. The van der Waals surface area contributed by atoms with Crippen LogP contribution < -0.4 is 5.73 Å². The summed E-state index contributed by atoms with van der Waals surface area (Å²) in [4.78, 5) is 4.35. The van der Waals surface area contributed by atoms with Gasteiger partial charge < -0.3 is 5.73 Å². The summed E-state index contributed by atoms with van der Waals surface area (Å²) < 4.78 is 13.7. The van der Waals surface area contributed by atoms with Crippen molar-refractivity contribution in [1.29, 1.82) is 0 Å². The third-order valence-corrected chi connectivity index (χ3v) is 3.17. The van der Waals surface area contributed by atoms with Gasteiger partial charge >= 0.3 is 0 Å². The molecule has 0 aliphatic carbocycles. The van der Waals surface area contributed by atoms with Crippen LogP contribution in [0.1, 0.15) is 5.56 Å². The summed E-state index contributed by atoms with van der Waals surface area (Å²) >= 11 is 0. The van der Waals surface area contributed by atoms with Gasteiger partial charge in [-0.05, 0) is 29.3 Å². The van der Waals surface area contributed by atoms with Crippen LogP contribution in [0.4, 0.5) is 4.39 Å². The lowest BCUT2D eigenvalue weighted by Gasteiger charge is -2.07. The lowest BCUT2D eigenvalue weighted by Crippen LogP contribution is -1.95. The summed E-state index contributed by atoms with van der Waals surface area (Å²) in [7, 11) is 0. The molecule has 0 aliphatic rings. The first-order chi connectivity index (χ1) is 9.28. The van der Waals surface area contributed by atoms with Crippen molar-refractivity contribution in [2.45, 2.75) is 6.54 Å². The summed E-state index contributed by atoms with van der Waals surface area (Å²) in [6, 6.07) is 14.5. The molecule has 0 spiro atoms. The molecule has 0 fully saturated rings. The molecule has 0 aliphatic heterocycles. The maximum absolute atomic E-state index is 13.7. The number of nitrogens with zero attached hydrogens (tertiary/aromatic N) is 1. The first-order valence-electron chi connectivity index (χ1n) is 6.11. The van der Waals surface area contributed by atoms with Crippen LogP contribution >= 0.6 is 0 Å². The zero-order valence-electron chi connectivity index (χ0n) is 10.3. The van der Waals surface area contributed by atoms with Crippen molar-refractivity contribution < 1.29 is 4.39 Å². The van der Waals surface area contributed by atoms with Crippen LogP contribution in [-0.4, -0.2) is 4.98 Å². The van der Waals surface area contributed by atoms with E-state index in [1.165, 1.54) is 12.1 Å². The second-order valence-electron chi connectivity index (χ2n) is 4.43. The molecule has 0 atom stereocenters. The van der Waals surface area contributed by atoms with Gasteiger partial charge in [0.05, 0.1) is 5.52 Å². The van der Waals surface area contributed by atoms with E-state index in [0.29, 0.717) is 6.54 Å². The Morgan fingerprint density at radius 3 is 2.58 bits per heavy atom. The van der Waals surface area contributed by atoms with Gasteiger partial charge in [-0.25, -0.2) is 4.39 Å². The van der Waals surface area contributed by atoms with E-state index >= 15 is 0 Å². The lowest BCUT2D eigenvalue weighted by molar-refractivity contribution is 0.630. The first-order valence-corrected chi connectivity index (χ1v) is 6.11. The van der Waals surface area contributed by atoms with E-state index in [2.05, 4.69) is 4.98 Å². The Morgan fingerprint density at radius 2 is 1.84 bits per heavy atom. The topological polar surface area (TPSA) is 38.9 Å². The Labute approximate surface area is 110 Å². The minimum absolute atomic E-state index is 0.251. The highest BCUT2D eigenvalue weighted by Crippen LogP contribution is 2.28. The zero-order valence-corrected chi connectivity index (χ0v) is 10.3. The molecule has 2 aromatic carbocycles. The summed E-state index contributed by atoms with van der Waals surface area (Å²) in [5.74, 6) is -0.251. The quantitative estimate of drug-likeness (QED) is 0.758. The van der Waals surface area contributed by atoms with Crippen molar-refractivity contribution in [2.75, 3.05) is 0 Å². The summed E-state index contributed by atoms with van der Waals surface area (Å²) in [6.45, 7) is 0.502. The second kappa shape index (κ2) is 4.78. The molecule has 2 N–H and O–H groups in total. The Hall–Kier alpha value is -2.26. The van der Waals surface area contributed by atoms with Crippen LogP contribution in [0.15, 0.2) is 54.7 Å². The maximum atomic E-state index is 13.7. The largest absolute Gasteiger partial charge is 0.326 e. The van der Waals surface area contributed by atoms with Crippen LogP contribution in [-0.2, 0) is 6.54 Å². The van der Waals surface area contributed by atoms with E-state index in [-0.39, 0.29) is 5.82 Å². The van der Waals surface area contributed by atoms with Crippen LogP contribution in [0.3, 0.4) is 0 Å². The van der Waals surface area contributed by atoms with Crippen molar-refractivity contribution in [1.82, 2.24) is 4.98 Å². The molecule has 0 bridgehead atoms. The molecule has 3 aromatic rings. The minimum Gasteiger partial charge on any atom is -0.326 e. The van der Waals surface area contributed by atoms with Gasteiger partial charge in [-0.3, -0.25) is 4.98 Å². The van der Waals surface area contributed by atoms with Gasteiger partial charge in [0.15, 0.2) is 0 Å². The monoisotopic (exact) mass is 252 g/mol. The van der Waals surface area contributed by atoms with Gasteiger partial charge in [0.2, 0.25) is 0 Å². The van der Waals surface area contributed by atoms with Crippen LogP contribution in [0, 0.1) is 5.82 Å². The molecule has 0 amide bonds. The SMILES string of the molecule is NCc1ccc(-c2cc(F)cc3cccnc23)cc1. The van der Waals surface area contributed by atoms with Crippen LogP contribution in [0.25, 0.3) is 22.0 Å². The Bertz CT molecular complexity index is 720. The fourth-order valence-corrected chi connectivity index (χ4v) is 2.20. The van der Waals surface area contributed by atoms with E-state index in [9.17, 15) is 4.39 Å². The number of hydrogen-bond donors (Lipinski definition) is 1. The van der Waals surface area contributed by atoms with Crippen molar-refractivity contribution in [3.63, 3.8) is 0 Å². The van der Waals surface area contributed by atoms with Crippen LogP contribution in [0.2, 0.25) is 0 Å². The van der Waals surface area contributed by atoms with E-state index in [1.54, 1.807) is 6.20 Å². The number of aromatic nitrogens is 1. The second-order valence-corrected chi connectivity index (χ2v) is 4.43. The van der Waals surface area contributed by atoms with E-state index in [1.807, 2.05) is 36.4 Å². The van der Waals surface area contributed by atoms with Gasteiger partial charge in [-0.2, -0.15) is 0 Å². The number of halogens is 1. The zero-order chi connectivity index (χ0) is 13.2. The van der Waals surface area contributed by atoms with Gasteiger partial charge in [0.25, 0.3) is 0 Å². The predicted octanol–water partition coefficient (Wildman–Crippen LogP) is 3.50. The molecule has 0 unspecified atom stereocenters. The molecule has 3 heteroatoms. The van der Waals surface area contributed by atoms with E-state index < -0.39 is 0 Å². The number of hydrogen-bond acceptors (Lipinski definition) is 2. The molecule has 19 heavy (non-hydrogen) atoms. The molecular formula is C16H13FN2. The predicted molar refractivity (Wildman–Crippen MR) is 75.0 cm³/mol. The average molecular weight is 252 g/mol. The number of benzene rings is 2. The maximum Gasteiger partial charge on any atom is 0.124 e. The Balaban J connectivity index is 2.22. The van der Waals surface area contributed by atoms with Gasteiger partial charge in [-0.1, -0.05) is 30.3 Å². The van der Waals surface area contributed by atoms with Crippen molar-refractivity contribution in [3.05, 3.63) is 66.1 Å². The van der Waals surface area contributed by atoms with Crippen molar-refractivity contribution in [2.24, 2.45) is 5.73 Å². The normalized spacial score (nSPS) is 10.8. The highest BCUT2D eigenvalue weighted by molar-refractivity contribution is 5.93. The lowest BCUT2D eigenvalue weighted by atomic mass is 10.0. The summed E-state index contributed by atoms with van der Waals surface area (Å²) in [5, 5.41) is 0.806. The fourth-order valence-electron chi connectivity index (χ4n) is 2.20. The third-order valence-electron chi connectivity index (χ3n) is 3.17. The molecular weight excluding hydrogens is 239 g/mol. The molecule has 0 radical (unpaired) electrons. The minimum atomic E-state index is -0.251. The van der Waals surface area contributed by atoms with Gasteiger partial charge in [0.1, 0.15) is 5.82 Å². The van der Waals surface area contributed by atoms with Crippen molar-refractivity contribution >= 4 is 10.9 Å². The number of nitrogens with two attached hydrogens (primary N) is 1. The van der Waals surface area contributed by atoms with Crippen molar-refractivity contribution in [3.8, 4) is 11.1 Å². The number of rotatable bonds is 2. The van der Waals surface area contributed by atoms with Crippen LogP contribution in [0.5, 0.6) is 0 Å². The smallest absolute Gasteiger partial charge is 0.124 e. The van der Waals surface area contributed by atoms with E-state index in [4.69, 9.17) is 5.73 Å². The third kappa shape index (κ3) is 2.20.